The lowest BCUT2D eigenvalue weighted by Crippen LogP contribution is -2.18. The highest BCUT2D eigenvalue weighted by Gasteiger charge is 2.04. The first kappa shape index (κ1) is 10.7. The van der Waals surface area contributed by atoms with Crippen LogP contribution in [-0.4, -0.2) is 6.04 Å². The topological polar surface area (TPSA) is 26.0 Å². The summed E-state index contributed by atoms with van der Waals surface area (Å²) in [6.45, 7) is 9.61. The molecule has 1 nitrogen and oxygen atoms in total. The standard InChI is InChI=1S/C13H17N/c1-4-11-7-6-8-12(9-10(3)14)13(11)5-2/h4-8,10H,1-2,9,14H2,3H3. The van der Waals surface area contributed by atoms with Crippen LogP contribution in [-0.2, 0) is 6.42 Å². The molecule has 1 aromatic carbocycles. The van der Waals surface area contributed by atoms with Crippen molar-refractivity contribution in [1.82, 2.24) is 0 Å². The normalized spacial score (nSPS) is 12.1. The van der Waals surface area contributed by atoms with E-state index in [0.29, 0.717) is 0 Å². The van der Waals surface area contributed by atoms with Gasteiger partial charge >= 0.3 is 0 Å². The van der Waals surface area contributed by atoms with Crippen LogP contribution in [0.5, 0.6) is 0 Å². The third-order valence-electron chi connectivity index (χ3n) is 2.20. The highest BCUT2D eigenvalue weighted by Crippen LogP contribution is 2.18. The van der Waals surface area contributed by atoms with E-state index in [9.17, 15) is 0 Å². The summed E-state index contributed by atoms with van der Waals surface area (Å²) in [6.07, 6.45) is 4.60. The third-order valence-corrected chi connectivity index (χ3v) is 2.20. The molecule has 74 valence electrons. The quantitative estimate of drug-likeness (QED) is 0.770. The van der Waals surface area contributed by atoms with Crippen molar-refractivity contribution in [1.29, 1.82) is 0 Å². The fraction of sp³-hybridized carbons (Fsp3) is 0.231. The second-order valence-electron chi connectivity index (χ2n) is 3.51. The number of hydrogen-bond donors (Lipinski definition) is 1. The van der Waals surface area contributed by atoms with Gasteiger partial charge in [0.2, 0.25) is 0 Å². The molecule has 0 fully saturated rings. The lowest BCUT2D eigenvalue weighted by atomic mass is 9.96. The van der Waals surface area contributed by atoms with Crippen molar-refractivity contribution in [3.63, 3.8) is 0 Å². The highest BCUT2D eigenvalue weighted by atomic mass is 14.6. The molecule has 0 aromatic heterocycles. The molecule has 1 heteroatoms. The van der Waals surface area contributed by atoms with Gasteiger partial charge in [-0.2, -0.15) is 0 Å². The van der Waals surface area contributed by atoms with E-state index in [1.807, 2.05) is 31.2 Å². The van der Waals surface area contributed by atoms with Gasteiger partial charge in [-0.25, -0.2) is 0 Å². The SMILES string of the molecule is C=Cc1cccc(CC(C)N)c1C=C. The van der Waals surface area contributed by atoms with Crippen LogP contribution in [0.15, 0.2) is 31.4 Å². The molecule has 0 amide bonds. The summed E-state index contributed by atoms with van der Waals surface area (Å²) in [5.41, 5.74) is 9.30. The van der Waals surface area contributed by atoms with E-state index < -0.39 is 0 Å². The number of benzene rings is 1. The Morgan fingerprint density at radius 3 is 2.57 bits per heavy atom. The monoisotopic (exact) mass is 187 g/mol. The Labute approximate surface area is 85.9 Å². The fourth-order valence-electron chi connectivity index (χ4n) is 1.58. The molecule has 0 aliphatic rings. The second kappa shape index (κ2) is 4.77. The van der Waals surface area contributed by atoms with Crippen molar-refractivity contribution in [2.75, 3.05) is 0 Å². The summed E-state index contributed by atoms with van der Waals surface area (Å²) >= 11 is 0. The smallest absolute Gasteiger partial charge is 0.00511 e. The first-order valence-corrected chi connectivity index (χ1v) is 4.81. The van der Waals surface area contributed by atoms with Crippen LogP contribution < -0.4 is 5.73 Å². The zero-order valence-electron chi connectivity index (χ0n) is 8.66. The molecule has 0 radical (unpaired) electrons. The minimum atomic E-state index is 0.175. The Morgan fingerprint density at radius 2 is 2.07 bits per heavy atom. The summed E-state index contributed by atoms with van der Waals surface area (Å²) in [6, 6.07) is 6.33. The molecular formula is C13H17N. The molecular weight excluding hydrogens is 170 g/mol. The molecule has 1 aromatic rings. The van der Waals surface area contributed by atoms with Gasteiger partial charge in [0.1, 0.15) is 0 Å². The summed E-state index contributed by atoms with van der Waals surface area (Å²) in [5.74, 6) is 0. The van der Waals surface area contributed by atoms with E-state index in [4.69, 9.17) is 5.73 Å². The van der Waals surface area contributed by atoms with Crippen molar-refractivity contribution >= 4 is 12.2 Å². The largest absolute Gasteiger partial charge is 0.328 e. The maximum absolute atomic E-state index is 5.78. The van der Waals surface area contributed by atoms with Crippen molar-refractivity contribution < 1.29 is 0 Å². The first-order valence-electron chi connectivity index (χ1n) is 4.81. The molecule has 0 heterocycles. The molecule has 0 bridgehead atoms. The Morgan fingerprint density at radius 1 is 1.36 bits per heavy atom. The van der Waals surface area contributed by atoms with Crippen LogP contribution in [0, 0.1) is 0 Å². The number of hydrogen-bond acceptors (Lipinski definition) is 1. The molecule has 2 N–H and O–H groups in total. The van der Waals surface area contributed by atoms with E-state index >= 15 is 0 Å². The van der Waals surface area contributed by atoms with E-state index in [-0.39, 0.29) is 6.04 Å². The van der Waals surface area contributed by atoms with Crippen molar-refractivity contribution in [3.05, 3.63) is 48.0 Å². The molecule has 0 saturated carbocycles. The van der Waals surface area contributed by atoms with E-state index in [2.05, 4.69) is 19.2 Å². The van der Waals surface area contributed by atoms with Crippen molar-refractivity contribution in [2.45, 2.75) is 19.4 Å². The van der Waals surface area contributed by atoms with Gasteiger partial charge in [-0.1, -0.05) is 43.5 Å². The predicted octanol–water partition coefficient (Wildman–Crippen LogP) is 2.86. The summed E-state index contributed by atoms with van der Waals surface area (Å²) in [7, 11) is 0. The molecule has 14 heavy (non-hydrogen) atoms. The van der Waals surface area contributed by atoms with Gasteiger partial charge in [0, 0.05) is 6.04 Å². The first-order chi connectivity index (χ1) is 6.69. The van der Waals surface area contributed by atoms with Gasteiger partial charge in [-0.3, -0.25) is 0 Å². The van der Waals surface area contributed by atoms with E-state index in [1.165, 1.54) is 5.56 Å². The average Bonchev–Trinajstić information content (AvgIpc) is 2.16. The van der Waals surface area contributed by atoms with E-state index in [0.717, 1.165) is 17.5 Å². The maximum Gasteiger partial charge on any atom is 0.00511 e. The van der Waals surface area contributed by atoms with Gasteiger partial charge in [-0.15, -0.1) is 0 Å². The fourth-order valence-corrected chi connectivity index (χ4v) is 1.58. The van der Waals surface area contributed by atoms with Crippen LogP contribution in [0.25, 0.3) is 12.2 Å². The zero-order chi connectivity index (χ0) is 10.6. The van der Waals surface area contributed by atoms with Gasteiger partial charge in [0.25, 0.3) is 0 Å². The molecule has 1 atom stereocenters. The van der Waals surface area contributed by atoms with Gasteiger partial charge < -0.3 is 5.73 Å². The zero-order valence-corrected chi connectivity index (χ0v) is 8.66. The summed E-state index contributed by atoms with van der Waals surface area (Å²) in [4.78, 5) is 0. The van der Waals surface area contributed by atoms with Gasteiger partial charge in [0.05, 0.1) is 0 Å². The average molecular weight is 187 g/mol. The van der Waals surface area contributed by atoms with Crippen LogP contribution >= 0.6 is 0 Å². The Kier molecular flexibility index (Phi) is 3.66. The molecule has 1 unspecified atom stereocenters. The lowest BCUT2D eigenvalue weighted by molar-refractivity contribution is 0.737. The van der Waals surface area contributed by atoms with Crippen LogP contribution in [0.1, 0.15) is 23.6 Å². The molecule has 0 aliphatic heterocycles. The Hall–Kier alpha value is -1.34. The lowest BCUT2D eigenvalue weighted by Gasteiger charge is -2.11. The van der Waals surface area contributed by atoms with Crippen LogP contribution in [0.2, 0.25) is 0 Å². The van der Waals surface area contributed by atoms with Crippen LogP contribution in [0.3, 0.4) is 0 Å². The summed E-state index contributed by atoms with van der Waals surface area (Å²) in [5, 5.41) is 0. The molecule has 0 saturated heterocycles. The van der Waals surface area contributed by atoms with Crippen molar-refractivity contribution in [2.24, 2.45) is 5.73 Å². The van der Waals surface area contributed by atoms with Crippen molar-refractivity contribution in [3.8, 4) is 0 Å². The maximum atomic E-state index is 5.78. The predicted molar refractivity (Wildman–Crippen MR) is 64.0 cm³/mol. The Bertz CT molecular complexity index is 337. The molecule has 1 rings (SSSR count). The number of nitrogens with two attached hydrogens (primary N) is 1. The molecule has 0 spiro atoms. The third kappa shape index (κ3) is 2.33. The highest BCUT2D eigenvalue weighted by molar-refractivity contribution is 5.66. The number of rotatable bonds is 4. The second-order valence-corrected chi connectivity index (χ2v) is 3.51. The van der Waals surface area contributed by atoms with Gasteiger partial charge in [0.15, 0.2) is 0 Å². The Balaban J connectivity index is 3.14. The van der Waals surface area contributed by atoms with E-state index in [1.54, 1.807) is 0 Å². The molecule has 0 aliphatic carbocycles. The summed E-state index contributed by atoms with van der Waals surface area (Å²) < 4.78 is 0. The van der Waals surface area contributed by atoms with Crippen LogP contribution in [0.4, 0.5) is 0 Å². The minimum absolute atomic E-state index is 0.175. The minimum Gasteiger partial charge on any atom is -0.328 e. The van der Waals surface area contributed by atoms with Gasteiger partial charge in [-0.05, 0) is 30.0 Å².